The second-order valence-electron chi connectivity index (χ2n) is 5.71. The number of aliphatic hydroxyl groups excluding tert-OH is 1. The van der Waals surface area contributed by atoms with Crippen LogP contribution in [-0.4, -0.2) is 39.1 Å². The number of nitrogens with one attached hydrogen (secondary N) is 2. The zero-order valence-corrected chi connectivity index (χ0v) is 14.8. The molecule has 3 aromatic rings. The van der Waals surface area contributed by atoms with Gasteiger partial charge in [-0.15, -0.1) is 0 Å². The van der Waals surface area contributed by atoms with Gasteiger partial charge in [0.2, 0.25) is 5.95 Å². The number of halogens is 1. The van der Waals surface area contributed by atoms with Crippen LogP contribution in [-0.2, 0) is 0 Å². The number of nitrogen functional groups attached to an aromatic ring is 1. The second kappa shape index (κ2) is 7.55. The predicted molar refractivity (Wildman–Crippen MR) is 101 cm³/mol. The maximum Gasteiger partial charge on any atom is 0.253 e. The molecule has 1 aromatic carbocycles. The molecule has 1 amide bonds. The van der Waals surface area contributed by atoms with Crippen molar-refractivity contribution in [3.05, 3.63) is 52.7 Å². The van der Waals surface area contributed by atoms with Crippen molar-refractivity contribution >= 4 is 23.5 Å². The SMILES string of the molecule is Cc1ccc(Cl)cc1-c1[nH]c(-c2ccnc(N)n2)cc1C(=O)NCCO. The van der Waals surface area contributed by atoms with Gasteiger partial charge in [0.05, 0.1) is 29.3 Å². The molecule has 0 aliphatic carbocycles. The number of aromatic amines is 1. The average Bonchev–Trinajstić information content (AvgIpc) is 3.07. The highest BCUT2D eigenvalue weighted by Crippen LogP contribution is 2.32. The van der Waals surface area contributed by atoms with Crippen LogP contribution in [0.5, 0.6) is 0 Å². The Balaban J connectivity index is 2.14. The van der Waals surface area contributed by atoms with E-state index < -0.39 is 0 Å². The molecule has 8 heteroatoms. The van der Waals surface area contributed by atoms with E-state index in [2.05, 4.69) is 20.3 Å². The predicted octanol–water partition coefficient (Wildman–Crippen LogP) is 2.40. The molecule has 134 valence electrons. The quantitative estimate of drug-likeness (QED) is 0.549. The van der Waals surface area contributed by atoms with Crippen LogP contribution in [0, 0.1) is 6.92 Å². The first-order valence-corrected chi connectivity index (χ1v) is 8.35. The largest absolute Gasteiger partial charge is 0.395 e. The lowest BCUT2D eigenvalue weighted by Gasteiger charge is -2.08. The Morgan fingerprint density at radius 1 is 1.35 bits per heavy atom. The van der Waals surface area contributed by atoms with Gasteiger partial charge in [0.25, 0.3) is 5.91 Å². The molecule has 0 bridgehead atoms. The number of amides is 1. The van der Waals surface area contributed by atoms with Crippen molar-refractivity contribution in [3.63, 3.8) is 0 Å². The van der Waals surface area contributed by atoms with Crippen molar-refractivity contribution in [3.8, 4) is 22.6 Å². The van der Waals surface area contributed by atoms with Gasteiger partial charge < -0.3 is 21.1 Å². The number of hydrogen-bond acceptors (Lipinski definition) is 5. The van der Waals surface area contributed by atoms with Gasteiger partial charge in [0.15, 0.2) is 0 Å². The number of H-pyrrole nitrogens is 1. The summed E-state index contributed by atoms with van der Waals surface area (Å²) < 4.78 is 0. The summed E-state index contributed by atoms with van der Waals surface area (Å²) >= 11 is 6.14. The molecule has 0 aliphatic heterocycles. The van der Waals surface area contributed by atoms with Gasteiger partial charge in [-0.3, -0.25) is 4.79 Å². The maximum absolute atomic E-state index is 12.6. The fourth-order valence-electron chi connectivity index (χ4n) is 2.64. The minimum Gasteiger partial charge on any atom is -0.395 e. The van der Waals surface area contributed by atoms with E-state index in [1.807, 2.05) is 13.0 Å². The first-order chi connectivity index (χ1) is 12.5. The minimum absolute atomic E-state index is 0.142. The lowest BCUT2D eigenvalue weighted by atomic mass is 10.0. The Bertz CT molecular complexity index is 955. The van der Waals surface area contributed by atoms with E-state index in [-0.39, 0.29) is 25.0 Å². The summed E-state index contributed by atoms with van der Waals surface area (Å²) in [7, 11) is 0. The van der Waals surface area contributed by atoms with E-state index in [0.29, 0.717) is 27.7 Å². The monoisotopic (exact) mass is 371 g/mol. The number of rotatable bonds is 5. The summed E-state index contributed by atoms with van der Waals surface area (Å²) in [4.78, 5) is 23.9. The maximum atomic E-state index is 12.6. The highest BCUT2D eigenvalue weighted by atomic mass is 35.5. The zero-order valence-electron chi connectivity index (χ0n) is 14.1. The second-order valence-corrected chi connectivity index (χ2v) is 6.15. The van der Waals surface area contributed by atoms with Gasteiger partial charge >= 0.3 is 0 Å². The summed E-state index contributed by atoms with van der Waals surface area (Å²) in [5.41, 5.74) is 9.67. The van der Waals surface area contributed by atoms with Crippen molar-refractivity contribution in [2.75, 3.05) is 18.9 Å². The number of benzene rings is 1. The molecule has 0 saturated carbocycles. The highest BCUT2D eigenvalue weighted by Gasteiger charge is 2.19. The smallest absolute Gasteiger partial charge is 0.253 e. The van der Waals surface area contributed by atoms with Crippen LogP contribution in [0.25, 0.3) is 22.6 Å². The standard InChI is InChI=1S/C18H18ClN5O2/c1-10-2-3-11(19)8-12(10)16-13(17(26)21-6-7-25)9-15(23-16)14-4-5-22-18(20)24-14/h2-5,8-9,23,25H,6-7H2,1H3,(H,21,26)(H2,20,22,24). The topological polar surface area (TPSA) is 117 Å². The Hall–Kier alpha value is -2.90. The summed E-state index contributed by atoms with van der Waals surface area (Å²) in [5, 5.41) is 12.2. The Labute approximate surface area is 155 Å². The third-order valence-corrected chi connectivity index (χ3v) is 4.11. The molecular weight excluding hydrogens is 354 g/mol. The fraction of sp³-hybridized carbons (Fsp3) is 0.167. The van der Waals surface area contributed by atoms with Crippen molar-refractivity contribution in [2.24, 2.45) is 0 Å². The molecule has 3 rings (SSSR count). The van der Waals surface area contributed by atoms with E-state index >= 15 is 0 Å². The molecule has 5 N–H and O–H groups in total. The summed E-state index contributed by atoms with van der Waals surface area (Å²) in [6.07, 6.45) is 1.55. The van der Waals surface area contributed by atoms with Crippen LogP contribution >= 0.6 is 11.6 Å². The van der Waals surface area contributed by atoms with Gasteiger partial charge in [-0.05, 0) is 36.8 Å². The third kappa shape index (κ3) is 3.68. The molecule has 2 heterocycles. The third-order valence-electron chi connectivity index (χ3n) is 3.88. The van der Waals surface area contributed by atoms with Crippen LogP contribution in [0.15, 0.2) is 36.5 Å². The highest BCUT2D eigenvalue weighted by molar-refractivity contribution is 6.31. The molecule has 0 atom stereocenters. The molecule has 2 aromatic heterocycles. The molecule has 0 spiro atoms. The normalized spacial score (nSPS) is 10.7. The van der Waals surface area contributed by atoms with Gasteiger partial charge in [-0.1, -0.05) is 17.7 Å². The molecule has 0 unspecified atom stereocenters. The van der Waals surface area contributed by atoms with Crippen LogP contribution in [0.1, 0.15) is 15.9 Å². The summed E-state index contributed by atoms with van der Waals surface area (Å²) in [6.45, 7) is 1.95. The number of carbonyl (C=O) groups is 1. The average molecular weight is 372 g/mol. The van der Waals surface area contributed by atoms with E-state index in [4.69, 9.17) is 22.4 Å². The molecule has 0 saturated heterocycles. The molecule has 0 fully saturated rings. The number of carbonyl (C=O) groups excluding carboxylic acids is 1. The van der Waals surface area contributed by atoms with Crippen LogP contribution < -0.4 is 11.1 Å². The van der Waals surface area contributed by atoms with Crippen LogP contribution in [0.2, 0.25) is 5.02 Å². The Morgan fingerprint density at radius 2 is 2.15 bits per heavy atom. The van der Waals surface area contributed by atoms with Crippen molar-refractivity contribution < 1.29 is 9.90 Å². The molecule has 7 nitrogen and oxygen atoms in total. The lowest BCUT2D eigenvalue weighted by Crippen LogP contribution is -2.26. The van der Waals surface area contributed by atoms with Gasteiger partial charge in [-0.25, -0.2) is 9.97 Å². The number of anilines is 1. The van der Waals surface area contributed by atoms with Gasteiger partial charge in [0, 0.05) is 23.3 Å². The number of nitrogens with zero attached hydrogens (tertiary/aromatic N) is 2. The fourth-order valence-corrected chi connectivity index (χ4v) is 2.81. The van der Waals surface area contributed by atoms with Gasteiger partial charge in [-0.2, -0.15) is 0 Å². The van der Waals surface area contributed by atoms with Crippen molar-refractivity contribution in [1.82, 2.24) is 20.3 Å². The van der Waals surface area contributed by atoms with E-state index in [1.165, 1.54) is 0 Å². The van der Waals surface area contributed by atoms with E-state index in [9.17, 15) is 4.79 Å². The molecular formula is C18H18ClN5O2. The number of aliphatic hydroxyl groups is 1. The first kappa shape index (κ1) is 17.9. The summed E-state index contributed by atoms with van der Waals surface area (Å²) in [6, 6.07) is 8.87. The molecule has 0 aliphatic rings. The minimum atomic E-state index is -0.307. The Kier molecular flexibility index (Phi) is 5.20. The van der Waals surface area contributed by atoms with Crippen molar-refractivity contribution in [1.29, 1.82) is 0 Å². The molecule has 0 radical (unpaired) electrons. The van der Waals surface area contributed by atoms with Crippen LogP contribution in [0.3, 0.4) is 0 Å². The van der Waals surface area contributed by atoms with E-state index in [1.54, 1.807) is 30.5 Å². The lowest BCUT2D eigenvalue weighted by molar-refractivity contribution is 0.0945. The first-order valence-electron chi connectivity index (χ1n) is 7.97. The number of nitrogens with two attached hydrogens (primary N) is 1. The van der Waals surface area contributed by atoms with Crippen LogP contribution in [0.4, 0.5) is 5.95 Å². The number of hydrogen-bond donors (Lipinski definition) is 4. The molecule has 26 heavy (non-hydrogen) atoms. The number of aryl methyl sites for hydroxylation is 1. The zero-order chi connectivity index (χ0) is 18.7. The van der Waals surface area contributed by atoms with E-state index in [0.717, 1.165) is 11.1 Å². The Morgan fingerprint density at radius 3 is 2.88 bits per heavy atom. The summed E-state index contributed by atoms with van der Waals surface area (Å²) in [5.74, 6) is -0.165. The van der Waals surface area contributed by atoms with Gasteiger partial charge in [0.1, 0.15) is 0 Å². The van der Waals surface area contributed by atoms with Crippen molar-refractivity contribution in [2.45, 2.75) is 6.92 Å². The number of aromatic nitrogens is 3.